The highest BCUT2D eigenvalue weighted by atomic mass is 32.2. The molecule has 0 saturated carbocycles. The van der Waals surface area contributed by atoms with Gasteiger partial charge in [-0.25, -0.2) is 13.2 Å². The van der Waals surface area contributed by atoms with E-state index in [-0.39, 0.29) is 23.6 Å². The molecule has 1 saturated heterocycles. The Hall–Kier alpha value is -1.70. The van der Waals surface area contributed by atoms with Crippen molar-refractivity contribution in [1.29, 1.82) is 0 Å². The molecule has 1 aliphatic heterocycles. The van der Waals surface area contributed by atoms with Crippen LogP contribution in [0, 0.1) is 5.41 Å². The minimum atomic E-state index is -3.71. The van der Waals surface area contributed by atoms with E-state index < -0.39 is 21.4 Å². The maximum Gasteiger partial charge on any atom is 0.335 e. The molecule has 0 aliphatic carbocycles. The van der Waals surface area contributed by atoms with Crippen LogP contribution >= 0.6 is 0 Å². The van der Waals surface area contributed by atoms with Gasteiger partial charge in [0.1, 0.15) is 0 Å². The van der Waals surface area contributed by atoms with Crippen LogP contribution in [0.3, 0.4) is 0 Å². The summed E-state index contributed by atoms with van der Waals surface area (Å²) in [4.78, 5) is 10.9. The third-order valence-electron chi connectivity index (χ3n) is 4.28. The molecule has 0 unspecified atom stereocenters. The molecule has 1 aromatic carbocycles. The number of sulfonamides is 1. The lowest BCUT2D eigenvalue weighted by Gasteiger charge is -2.40. The van der Waals surface area contributed by atoms with Crippen LogP contribution in [-0.4, -0.2) is 48.6 Å². The van der Waals surface area contributed by atoms with Crippen LogP contribution in [0.4, 0.5) is 0 Å². The maximum atomic E-state index is 12.7. The monoisotopic (exact) mass is 339 g/mol. The second kappa shape index (κ2) is 6.82. The fourth-order valence-corrected chi connectivity index (χ4v) is 4.54. The quantitative estimate of drug-likeness (QED) is 0.770. The van der Waals surface area contributed by atoms with Gasteiger partial charge in [0.15, 0.2) is 0 Å². The van der Waals surface area contributed by atoms with Gasteiger partial charge in [-0.1, -0.05) is 6.08 Å². The van der Waals surface area contributed by atoms with E-state index in [0.717, 1.165) is 6.42 Å². The molecule has 1 atom stereocenters. The third kappa shape index (κ3) is 3.63. The van der Waals surface area contributed by atoms with Crippen molar-refractivity contribution in [3.8, 4) is 0 Å². The number of benzene rings is 1. The van der Waals surface area contributed by atoms with Gasteiger partial charge in [-0.15, -0.1) is 6.58 Å². The molecule has 1 aliphatic rings. The highest BCUT2D eigenvalue weighted by Crippen LogP contribution is 2.35. The second-order valence-electron chi connectivity index (χ2n) is 5.92. The summed E-state index contributed by atoms with van der Waals surface area (Å²) in [6.45, 7) is 4.22. The van der Waals surface area contributed by atoms with Crippen molar-refractivity contribution in [3.63, 3.8) is 0 Å². The van der Waals surface area contributed by atoms with E-state index in [2.05, 4.69) is 6.58 Å². The summed E-state index contributed by atoms with van der Waals surface area (Å²) in [5.41, 5.74) is -0.451. The average Bonchev–Trinajstić information content (AvgIpc) is 2.55. The standard InChI is InChI=1S/C16H21NO5S/c1-2-8-16(12-18)9-3-10-17(11-16)23(21,22)14-6-4-13(5-7-14)15(19)20/h2,4-7,18H,1,3,8-12H2,(H,19,20)/t16-/m0/s1. The first-order valence-corrected chi connectivity index (χ1v) is 8.84. The fraction of sp³-hybridized carbons (Fsp3) is 0.438. The number of aromatic carboxylic acids is 1. The Morgan fingerprint density at radius 1 is 1.35 bits per heavy atom. The summed E-state index contributed by atoms with van der Waals surface area (Å²) in [7, 11) is -3.71. The molecule has 0 radical (unpaired) electrons. The van der Waals surface area contributed by atoms with Crippen LogP contribution in [0.1, 0.15) is 29.6 Å². The highest BCUT2D eigenvalue weighted by molar-refractivity contribution is 7.89. The van der Waals surface area contributed by atoms with E-state index in [9.17, 15) is 18.3 Å². The molecule has 0 amide bonds. The van der Waals surface area contributed by atoms with Crippen LogP contribution in [0.15, 0.2) is 41.8 Å². The van der Waals surface area contributed by atoms with Gasteiger partial charge in [-0.05, 0) is 43.5 Å². The van der Waals surface area contributed by atoms with E-state index in [1.807, 2.05) is 0 Å². The number of nitrogens with zero attached hydrogens (tertiary/aromatic N) is 1. The number of hydrogen-bond donors (Lipinski definition) is 2. The molecule has 7 heteroatoms. The molecule has 0 spiro atoms. The Labute approximate surface area is 136 Å². The first-order valence-electron chi connectivity index (χ1n) is 7.40. The maximum absolute atomic E-state index is 12.7. The Morgan fingerprint density at radius 3 is 2.52 bits per heavy atom. The Balaban J connectivity index is 2.28. The summed E-state index contributed by atoms with van der Waals surface area (Å²) < 4.78 is 26.9. The predicted molar refractivity (Wildman–Crippen MR) is 85.7 cm³/mol. The van der Waals surface area contributed by atoms with Gasteiger partial charge in [0, 0.05) is 18.5 Å². The molecule has 2 rings (SSSR count). The number of carboxylic acids is 1. The van der Waals surface area contributed by atoms with Gasteiger partial charge < -0.3 is 10.2 Å². The van der Waals surface area contributed by atoms with E-state index in [1.165, 1.54) is 28.6 Å². The molecule has 1 aromatic rings. The average molecular weight is 339 g/mol. The van der Waals surface area contributed by atoms with Crippen molar-refractivity contribution >= 4 is 16.0 Å². The van der Waals surface area contributed by atoms with Gasteiger partial charge in [0.2, 0.25) is 10.0 Å². The minimum absolute atomic E-state index is 0.0407. The molecule has 1 heterocycles. The molecule has 126 valence electrons. The topological polar surface area (TPSA) is 94.9 Å². The largest absolute Gasteiger partial charge is 0.478 e. The van der Waals surface area contributed by atoms with Crippen LogP contribution in [-0.2, 0) is 10.0 Å². The van der Waals surface area contributed by atoms with Crippen molar-refractivity contribution in [3.05, 3.63) is 42.5 Å². The number of piperidine rings is 1. The molecule has 1 fully saturated rings. The lowest BCUT2D eigenvalue weighted by molar-refractivity contribution is 0.0669. The number of aliphatic hydroxyl groups is 1. The Bertz CT molecular complexity index is 683. The summed E-state index contributed by atoms with van der Waals surface area (Å²) in [6, 6.07) is 5.17. The van der Waals surface area contributed by atoms with E-state index in [1.54, 1.807) is 6.08 Å². The van der Waals surface area contributed by atoms with Gasteiger partial charge in [0.25, 0.3) is 0 Å². The number of allylic oxidation sites excluding steroid dienone is 1. The van der Waals surface area contributed by atoms with Gasteiger partial charge in [0.05, 0.1) is 17.1 Å². The Kier molecular flexibility index (Phi) is 5.23. The van der Waals surface area contributed by atoms with Crippen molar-refractivity contribution < 1.29 is 23.4 Å². The third-order valence-corrected chi connectivity index (χ3v) is 6.14. The number of carboxylic acid groups (broad SMARTS) is 1. The second-order valence-corrected chi connectivity index (χ2v) is 7.86. The van der Waals surface area contributed by atoms with Crippen LogP contribution < -0.4 is 0 Å². The summed E-state index contributed by atoms with van der Waals surface area (Å²) in [5, 5.41) is 18.6. The molecular weight excluding hydrogens is 318 g/mol. The smallest absolute Gasteiger partial charge is 0.335 e. The van der Waals surface area contributed by atoms with Crippen molar-refractivity contribution in [1.82, 2.24) is 4.31 Å². The molecule has 0 bridgehead atoms. The van der Waals surface area contributed by atoms with Gasteiger partial charge >= 0.3 is 5.97 Å². The zero-order valence-electron chi connectivity index (χ0n) is 12.8. The molecule has 6 nitrogen and oxygen atoms in total. The van der Waals surface area contributed by atoms with Crippen LogP contribution in [0.2, 0.25) is 0 Å². The predicted octanol–water partition coefficient (Wildman–Crippen LogP) is 1.72. The van der Waals surface area contributed by atoms with Gasteiger partial charge in [-0.3, -0.25) is 0 Å². The first-order chi connectivity index (χ1) is 10.8. The minimum Gasteiger partial charge on any atom is -0.478 e. The zero-order valence-corrected chi connectivity index (χ0v) is 13.6. The fourth-order valence-electron chi connectivity index (χ4n) is 2.95. The number of rotatable bonds is 6. The summed E-state index contributed by atoms with van der Waals surface area (Å²) in [6.07, 6.45) is 3.67. The van der Waals surface area contributed by atoms with Gasteiger partial charge in [-0.2, -0.15) is 4.31 Å². The molecule has 23 heavy (non-hydrogen) atoms. The Morgan fingerprint density at radius 2 is 2.00 bits per heavy atom. The molecular formula is C16H21NO5S. The normalized spacial score (nSPS) is 22.7. The molecule has 0 aromatic heterocycles. The summed E-state index contributed by atoms with van der Waals surface area (Å²) in [5.74, 6) is -1.10. The summed E-state index contributed by atoms with van der Waals surface area (Å²) >= 11 is 0. The SMILES string of the molecule is C=CC[C@]1(CO)CCCN(S(=O)(=O)c2ccc(C(=O)O)cc2)C1. The van der Waals surface area contributed by atoms with E-state index in [0.29, 0.717) is 19.4 Å². The number of hydrogen-bond acceptors (Lipinski definition) is 4. The van der Waals surface area contributed by atoms with E-state index >= 15 is 0 Å². The van der Waals surface area contributed by atoms with Crippen molar-refractivity contribution in [2.45, 2.75) is 24.2 Å². The highest BCUT2D eigenvalue weighted by Gasteiger charge is 2.39. The first kappa shape index (κ1) is 17.7. The lowest BCUT2D eigenvalue weighted by atomic mass is 9.79. The number of aliphatic hydroxyl groups excluding tert-OH is 1. The number of carbonyl (C=O) groups is 1. The molecule has 2 N–H and O–H groups in total. The van der Waals surface area contributed by atoms with Crippen molar-refractivity contribution in [2.75, 3.05) is 19.7 Å². The van der Waals surface area contributed by atoms with Crippen LogP contribution in [0.5, 0.6) is 0 Å². The zero-order chi connectivity index (χ0) is 17.1. The van der Waals surface area contributed by atoms with Crippen LogP contribution in [0.25, 0.3) is 0 Å². The van der Waals surface area contributed by atoms with Crippen molar-refractivity contribution in [2.24, 2.45) is 5.41 Å². The van der Waals surface area contributed by atoms with E-state index in [4.69, 9.17) is 5.11 Å². The lowest BCUT2D eigenvalue weighted by Crippen LogP contribution is -2.47.